The average Bonchev–Trinajstić information content (AvgIpc) is 2.60. The van der Waals surface area contributed by atoms with E-state index in [0.717, 1.165) is 0 Å². The molecule has 26 heavy (non-hydrogen) atoms. The molecule has 0 aliphatic carbocycles. The minimum Gasteiger partial charge on any atom is -0.481 e. The van der Waals surface area contributed by atoms with E-state index in [2.05, 4.69) is 10.1 Å². The molecule has 4 N–H and O–H groups in total. The first-order chi connectivity index (χ1) is 12.5. The summed E-state index contributed by atoms with van der Waals surface area (Å²) in [5.41, 5.74) is 1.93. The fourth-order valence-corrected chi connectivity index (χ4v) is 2.43. The number of hydrogen-bond donors (Lipinski definition) is 4. The van der Waals surface area contributed by atoms with Crippen molar-refractivity contribution in [3.63, 3.8) is 0 Å². The lowest BCUT2D eigenvalue weighted by Crippen LogP contribution is -2.04. The quantitative estimate of drug-likeness (QED) is 0.506. The third-order valence-corrected chi connectivity index (χ3v) is 3.68. The fraction of sp³-hybridized carbons (Fsp3) is 0.278. The fourth-order valence-electron chi connectivity index (χ4n) is 1.94. The summed E-state index contributed by atoms with van der Waals surface area (Å²) < 4.78 is 4.63. The summed E-state index contributed by atoms with van der Waals surface area (Å²) >= 11 is 12.1. The van der Waals surface area contributed by atoms with Gasteiger partial charge in [-0.05, 0) is 23.8 Å². The lowest BCUT2D eigenvalue weighted by Gasteiger charge is -2.13. The second-order valence-electron chi connectivity index (χ2n) is 5.01. The van der Waals surface area contributed by atoms with Gasteiger partial charge in [-0.1, -0.05) is 47.5 Å². The SMILES string of the molecule is O=C(O)Cc1ccccc1Nc1c(Cl)cccc1Cl.OCCOCCO. The number of carbonyl (C=O) groups is 1. The first kappa shape index (κ1) is 22.2. The number of hydrogen-bond acceptors (Lipinski definition) is 5. The van der Waals surface area contributed by atoms with Gasteiger partial charge in [0.1, 0.15) is 0 Å². The van der Waals surface area contributed by atoms with E-state index in [1.165, 1.54) is 0 Å². The van der Waals surface area contributed by atoms with Crippen LogP contribution in [0.4, 0.5) is 11.4 Å². The molecule has 6 nitrogen and oxygen atoms in total. The van der Waals surface area contributed by atoms with E-state index in [0.29, 0.717) is 40.2 Å². The number of anilines is 2. The van der Waals surface area contributed by atoms with Crippen LogP contribution >= 0.6 is 23.2 Å². The van der Waals surface area contributed by atoms with Crippen molar-refractivity contribution in [3.8, 4) is 0 Å². The number of aliphatic carboxylic acids is 1. The number of carboxylic acid groups (broad SMARTS) is 1. The van der Waals surface area contributed by atoms with Gasteiger partial charge in [0.15, 0.2) is 0 Å². The lowest BCUT2D eigenvalue weighted by molar-refractivity contribution is -0.136. The zero-order valence-corrected chi connectivity index (χ0v) is 15.5. The predicted octanol–water partition coefficient (Wildman–Crippen LogP) is 3.35. The molecule has 0 aliphatic heterocycles. The van der Waals surface area contributed by atoms with Gasteiger partial charge in [0.25, 0.3) is 0 Å². The van der Waals surface area contributed by atoms with Crippen LogP contribution in [0, 0.1) is 0 Å². The molecule has 0 unspecified atom stereocenters. The van der Waals surface area contributed by atoms with Crippen molar-refractivity contribution in [1.82, 2.24) is 0 Å². The topological polar surface area (TPSA) is 99.0 Å². The first-order valence-corrected chi connectivity index (χ1v) is 8.55. The van der Waals surface area contributed by atoms with Crippen LogP contribution < -0.4 is 5.32 Å². The second-order valence-corrected chi connectivity index (χ2v) is 5.82. The zero-order chi connectivity index (χ0) is 19.4. The minimum absolute atomic E-state index is 0.0278. The van der Waals surface area contributed by atoms with E-state index in [9.17, 15) is 4.79 Å². The number of halogens is 2. The maximum Gasteiger partial charge on any atom is 0.307 e. The molecule has 0 radical (unpaired) electrons. The predicted molar refractivity (Wildman–Crippen MR) is 103 cm³/mol. The third-order valence-electron chi connectivity index (χ3n) is 3.05. The Balaban J connectivity index is 0.000000412. The van der Waals surface area contributed by atoms with Crippen LogP contribution in [-0.2, 0) is 16.0 Å². The van der Waals surface area contributed by atoms with Crippen molar-refractivity contribution in [2.24, 2.45) is 0 Å². The lowest BCUT2D eigenvalue weighted by atomic mass is 10.1. The van der Waals surface area contributed by atoms with Crippen LogP contribution in [0.3, 0.4) is 0 Å². The van der Waals surface area contributed by atoms with Gasteiger partial charge in [0, 0.05) is 5.69 Å². The highest BCUT2D eigenvalue weighted by atomic mass is 35.5. The Morgan fingerprint density at radius 2 is 1.54 bits per heavy atom. The largest absolute Gasteiger partial charge is 0.481 e. The number of benzene rings is 2. The van der Waals surface area contributed by atoms with Crippen LogP contribution in [0.1, 0.15) is 5.56 Å². The second kappa shape index (κ2) is 12.5. The Morgan fingerprint density at radius 3 is 2.08 bits per heavy atom. The van der Waals surface area contributed by atoms with E-state index in [1.54, 1.807) is 36.4 Å². The van der Waals surface area contributed by atoms with Gasteiger partial charge in [0.2, 0.25) is 0 Å². The van der Waals surface area contributed by atoms with Gasteiger partial charge in [-0.2, -0.15) is 0 Å². The molecule has 2 aromatic carbocycles. The molecule has 2 rings (SSSR count). The Bertz CT molecular complexity index is 673. The molecule has 0 fully saturated rings. The van der Waals surface area contributed by atoms with E-state index < -0.39 is 5.97 Å². The van der Waals surface area contributed by atoms with Crippen LogP contribution in [0.2, 0.25) is 10.0 Å². The number of ether oxygens (including phenoxy) is 1. The molecule has 2 aromatic rings. The summed E-state index contributed by atoms with van der Waals surface area (Å²) in [7, 11) is 0. The van der Waals surface area contributed by atoms with Gasteiger partial charge in [-0.15, -0.1) is 0 Å². The highest BCUT2D eigenvalue weighted by molar-refractivity contribution is 6.39. The standard InChI is InChI=1S/C14H11Cl2NO2.C4H10O3/c15-10-5-3-6-11(16)14(10)17-12-7-2-1-4-9(12)8-13(18)19;5-1-3-7-4-2-6/h1-7,17H,8H2,(H,18,19);5-6H,1-4H2. The van der Waals surface area contributed by atoms with E-state index in [1.807, 2.05) is 6.07 Å². The molecule has 0 aliphatic rings. The van der Waals surface area contributed by atoms with Crippen LogP contribution in [0.25, 0.3) is 0 Å². The summed E-state index contributed by atoms with van der Waals surface area (Å²) in [6.07, 6.45) is -0.0642. The highest BCUT2D eigenvalue weighted by Crippen LogP contribution is 2.33. The highest BCUT2D eigenvalue weighted by Gasteiger charge is 2.10. The summed E-state index contributed by atoms with van der Waals surface area (Å²) in [5.74, 6) is -0.889. The van der Waals surface area contributed by atoms with Crippen LogP contribution in [0.5, 0.6) is 0 Å². The first-order valence-electron chi connectivity index (χ1n) is 7.79. The molecule has 0 saturated carbocycles. The molecular weight excluding hydrogens is 381 g/mol. The molecule has 0 spiro atoms. The maximum absolute atomic E-state index is 10.8. The molecule has 0 amide bonds. The summed E-state index contributed by atoms with van der Waals surface area (Å²) in [6.45, 7) is 0.696. The number of carboxylic acids is 1. The normalized spacial score (nSPS) is 10.0. The van der Waals surface area contributed by atoms with Crippen molar-refractivity contribution in [2.45, 2.75) is 6.42 Å². The number of rotatable bonds is 8. The van der Waals surface area contributed by atoms with Crippen molar-refractivity contribution in [2.75, 3.05) is 31.7 Å². The number of para-hydroxylation sites is 2. The van der Waals surface area contributed by atoms with Crippen molar-refractivity contribution in [3.05, 3.63) is 58.1 Å². The number of nitrogens with one attached hydrogen (secondary N) is 1. The molecule has 0 heterocycles. The minimum atomic E-state index is -0.889. The zero-order valence-electron chi connectivity index (χ0n) is 14.0. The molecular formula is C18H21Cl2NO5. The van der Waals surface area contributed by atoms with Crippen LogP contribution in [0.15, 0.2) is 42.5 Å². The van der Waals surface area contributed by atoms with Crippen molar-refractivity contribution >= 4 is 40.5 Å². The van der Waals surface area contributed by atoms with Crippen LogP contribution in [-0.4, -0.2) is 47.7 Å². The molecule has 0 aromatic heterocycles. The smallest absolute Gasteiger partial charge is 0.307 e. The van der Waals surface area contributed by atoms with E-state index in [-0.39, 0.29) is 19.6 Å². The van der Waals surface area contributed by atoms with Gasteiger partial charge in [0.05, 0.1) is 48.6 Å². The van der Waals surface area contributed by atoms with Gasteiger partial charge in [-0.25, -0.2) is 0 Å². The Labute approximate surface area is 161 Å². The summed E-state index contributed by atoms with van der Waals surface area (Å²) in [5, 5.41) is 29.1. The summed E-state index contributed by atoms with van der Waals surface area (Å²) in [6, 6.07) is 12.3. The van der Waals surface area contributed by atoms with Gasteiger partial charge in [-0.3, -0.25) is 4.79 Å². The van der Waals surface area contributed by atoms with E-state index >= 15 is 0 Å². The summed E-state index contributed by atoms with van der Waals surface area (Å²) in [4.78, 5) is 10.8. The van der Waals surface area contributed by atoms with Gasteiger partial charge >= 0.3 is 5.97 Å². The molecule has 0 atom stereocenters. The molecule has 142 valence electrons. The average molecular weight is 402 g/mol. The number of aliphatic hydroxyl groups is 2. The van der Waals surface area contributed by atoms with E-state index in [4.69, 9.17) is 38.5 Å². The Hall–Kier alpha value is -1.83. The van der Waals surface area contributed by atoms with Crippen molar-refractivity contribution in [1.29, 1.82) is 0 Å². The molecule has 0 saturated heterocycles. The molecule has 8 heteroatoms. The monoisotopic (exact) mass is 401 g/mol. The third kappa shape index (κ3) is 8.03. The number of aliphatic hydroxyl groups excluding tert-OH is 2. The van der Waals surface area contributed by atoms with Crippen molar-refractivity contribution < 1.29 is 24.9 Å². The van der Waals surface area contributed by atoms with Gasteiger partial charge < -0.3 is 25.4 Å². The Morgan fingerprint density at radius 1 is 0.962 bits per heavy atom. The molecule has 0 bridgehead atoms. The maximum atomic E-state index is 10.8. The Kier molecular flexibility index (Phi) is 10.7.